The van der Waals surface area contributed by atoms with E-state index in [2.05, 4.69) is 22.6 Å². The van der Waals surface area contributed by atoms with Crippen molar-refractivity contribution in [2.75, 3.05) is 0 Å². The zero-order chi connectivity index (χ0) is 14.0. The highest BCUT2D eigenvalue weighted by atomic mass is 127. The summed E-state index contributed by atoms with van der Waals surface area (Å²) in [5, 5.41) is 0. The fraction of sp³-hybridized carbons (Fsp3) is 0.143. The van der Waals surface area contributed by atoms with E-state index in [9.17, 15) is 13.2 Å². The van der Waals surface area contributed by atoms with E-state index < -0.39 is 17.8 Å². The van der Waals surface area contributed by atoms with Crippen molar-refractivity contribution < 1.29 is 13.2 Å². The van der Waals surface area contributed by atoms with Crippen LogP contribution >= 0.6 is 22.6 Å². The molecule has 19 heavy (non-hydrogen) atoms. The first-order valence-corrected chi connectivity index (χ1v) is 6.64. The maximum absolute atomic E-state index is 12.7. The van der Waals surface area contributed by atoms with Crippen LogP contribution in [0.15, 0.2) is 48.5 Å². The number of hydrogen-bond donors (Lipinski definition) is 1. The highest BCUT2D eigenvalue weighted by Crippen LogP contribution is 2.31. The summed E-state index contributed by atoms with van der Waals surface area (Å²) in [5.41, 5.74) is 6.60. The van der Waals surface area contributed by atoms with Crippen molar-refractivity contribution in [1.29, 1.82) is 0 Å². The maximum Gasteiger partial charge on any atom is 0.416 e. The second-order valence-corrected chi connectivity index (χ2v) is 5.40. The van der Waals surface area contributed by atoms with Crippen LogP contribution in [0, 0.1) is 3.57 Å². The molecular formula is C14H11F3IN. The molecule has 2 aromatic rings. The second-order valence-electron chi connectivity index (χ2n) is 4.16. The monoisotopic (exact) mass is 377 g/mol. The second kappa shape index (κ2) is 5.50. The van der Waals surface area contributed by atoms with Gasteiger partial charge in [-0.05, 0) is 58.0 Å². The third-order valence-corrected chi connectivity index (χ3v) is 3.45. The summed E-state index contributed by atoms with van der Waals surface area (Å²) in [6.07, 6.45) is -4.35. The van der Waals surface area contributed by atoms with Gasteiger partial charge in [0.1, 0.15) is 0 Å². The van der Waals surface area contributed by atoms with Gasteiger partial charge in [0.15, 0.2) is 0 Å². The van der Waals surface area contributed by atoms with Crippen LogP contribution in [0.5, 0.6) is 0 Å². The Balaban J connectivity index is 2.37. The minimum atomic E-state index is -4.35. The third kappa shape index (κ3) is 3.48. The lowest BCUT2D eigenvalue weighted by Crippen LogP contribution is -2.13. The summed E-state index contributed by atoms with van der Waals surface area (Å²) in [4.78, 5) is 0. The van der Waals surface area contributed by atoms with E-state index in [1.807, 2.05) is 24.3 Å². The van der Waals surface area contributed by atoms with Gasteiger partial charge < -0.3 is 5.73 Å². The SMILES string of the molecule is NC(c1cccc(I)c1)c1cccc(C(F)(F)F)c1. The molecule has 2 rings (SSSR count). The summed E-state index contributed by atoms with van der Waals surface area (Å²) in [7, 11) is 0. The summed E-state index contributed by atoms with van der Waals surface area (Å²) in [6.45, 7) is 0. The molecule has 0 radical (unpaired) electrons. The quantitative estimate of drug-likeness (QED) is 0.774. The maximum atomic E-state index is 12.7. The van der Waals surface area contributed by atoms with Crippen molar-refractivity contribution in [3.63, 3.8) is 0 Å². The molecule has 0 saturated carbocycles. The summed E-state index contributed by atoms with van der Waals surface area (Å²) in [5.74, 6) is 0. The molecule has 0 spiro atoms. The molecule has 1 unspecified atom stereocenters. The van der Waals surface area contributed by atoms with Crippen LogP contribution in [0.4, 0.5) is 13.2 Å². The van der Waals surface area contributed by atoms with Gasteiger partial charge in [0, 0.05) is 3.57 Å². The van der Waals surface area contributed by atoms with Gasteiger partial charge in [-0.25, -0.2) is 0 Å². The standard InChI is InChI=1S/C14H11F3IN/c15-14(16,17)11-5-1-3-9(7-11)13(19)10-4-2-6-12(18)8-10/h1-8,13H,19H2. The molecule has 0 fully saturated rings. The minimum absolute atomic E-state index is 0.455. The van der Waals surface area contributed by atoms with Crippen molar-refractivity contribution in [1.82, 2.24) is 0 Å². The molecule has 5 heteroatoms. The molecule has 0 amide bonds. The van der Waals surface area contributed by atoms with Crippen molar-refractivity contribution in [2.45, 2.75) is 12.2 Å². The van der Waals surface area contributed by atoms with E-state index >= 15 is 0 Å². The Morgan fingerprint density at radius 3 is 2.11 bits per heavy atom. The number of benzene rings is 2. The summed E-state index contributed by atoms with van der Waals surface area (Å²) >= 11 is 2.14. The van der Waals surface area contributed by atoms with Gasteiger partial charge in [0.2, 0.25) is 0 Å². The molecule has 0 heterocycles. The summed E-state index contributed by atoms with van der Waals surface area (Å²) < 4.78 is 39.0. The van der Waals surface area contributed by atoms with Crippen molar-refractivity contribution >= 4 is 22.6 Å². The van der Waals surface area contributed by atoms with Crippen molar-refractivity contribution in [3.8, 4) is 0 Å². The lowest BCUT2D eigenvalue weighted by molar-refractivity contribution is -0.137. The first kappa shape index (κ1) is 14.3. The molecule has 2 N–H and O–H groups in total. The van der Waals surface area contributed by atoms with E-state index in [1.54, 1.807) is 6.07 Å². The fourth-order valence-electron chi connectivity index (χ4n) is 1.80. The summed E-state index contributed by atoms with van der Waals surface area (Å²) in [6, 6.07) is 12.0. The van der Waals surface area contributed by atoms with Gasteiger partial charge in [-0.1, -0.05) is 24.3 Å². The van der Waals surface area contributed by atoms with Crippen molar-refractivity contribution in [3.05, 3.63) is 68.8 Å². The van der Waals surface area contributed by atoms with Crippen molar-refractivity contribution in [2.24, 2.45) is 5.73 Å². The predicted octanol–water partition coefficient (Wildman–Crippen LogP) is 4.36. The number of alkyl halides is 3. The Morgan fingerprint density at radius 1 is 0.947 bits per heavy atom. The fourth-order valence-corrected chi connectivity index (χ4v) is 2.37. The van der Waals surface area contributed by atoms with E-state index in [0.717, 1.165) is 21.3 Å². The minimum Gasteiger partial charge on any atom is -0.320 e. The molecule has 0 aromatic heterocycles. The number of hydrogen-bond acceptors (Lipinski definition) is 1. The first-order valence-electron chi connectivity index (χ1n) is 5.56. The van der Waals surface area contributed by atoms with Gasteiger partial charge in [-0.3, -0.25) is 0 Å². The Morgan fingerprint density at radius 2 is 1.53 bits per heavy atom. The average Bonchev–Trinajstić information content (AvgIpc) is 2.37. The highest BCUT2D eigenvalue weighted by molar-refractivity contribution is 14.1. The molecular weight excluding hydrogens is 366 g/mol. The van der Waals surface area contributed by atoms with Crippen LogP contribution in [0.2, 0.25) is 0 Å². The van der Waals surface area contributed by atoms with E-state index in [0.29, 0.717) is 5.56 Å². The largest absolute Gasteiger partial charge is 0.416 e. The molecule has 100 valence electrons. The van der Waals surface area contributed by atoms with Gasteiger partial charge in [0.25, 0.3) is 0 Å². The third-order valence-electron chi connectivity index (χ3n) is 2.78. The van der Waals surface area contributed by atoms with Crippen LogP contribution < -0.4 is 5.73 Å². The predicted molar refractivity (Wildman–Crippen MR) is 76.6 cm³/mol. The number of nitrogens with two attached hydrogens (primary N) is 1. The van der Waals surface area contributed by atoms with Crippen LogP contribution in [0.1, 0.15) is 22.7 Å². The van der Waals surface area contributed by atoms with Gasteiger partial charge in [-0.2, -0.15) is 13.2 Å². The molecule has 2 aromatic carbocycles. The topological polar surface area (TPSA) is 26.0 Å². The molecule has 0 bridgehead atoms. The van der Waals surface area contributed by atoms with Crippen LogP contribution in [0.3, 0.4) is 0 Å². The van der Waals surface area contributed by atoms with E-state index in [4.69, 9.17) is 5.73 Å². The molecule has 0 saturated heterocycles. The molecule has 1 nitrogen and oxygen atoms in total. The van der Waals surface area contributed by atoms with Gasteiger partial charge in [-0.15, -0.1) is 0 Å². The van der Waals surface area contributed by atoms with Crippen LogP contribution in [-0.4, -0.2) is 0 Å². The van der Waals surface area contributed by atoms with E-state index in [-0.39, 0.29) is 0 Å². The average molecular weight is 377 g/mol. The lowest BCUT2D eigenvalue weighted by Gasteiger charge is -2.15. The molecule has 0 aliphatic rings. The Kier molecular flexibility index (Phi) is 4.15. The van der Waals surface area contributed by atoms with Gasteiger partial charge >= 0.3 is 6.18 Å². The van der Waals surface area contributed by atoms with Crippen LogP contribution in [-0.2, 0) is 6.18 Å². The van der Waals surface area contributed by atoms with Crippen LogP contribution in [0.25, 0.3) is 0 Å². The Bertz CT molecular complexity index is 581. The Hall–Kier alpha value is -1.08. The zero-order valence-corrected chi connectivity index (χ0v) is 11.9. The zero-order valence-electron chi connectivity index (χ0n) is 9.79. The molecule has 0 aliphatic carbocycles. The number of rotatable bonds is 2. The number of halogens is 4. The lowest BCUT2D eigenvalue weighted by atomic mass is 9.98. The molecule has 1 atom stereocenters. The highest BCUT2D eigenvalue weighted by Gasteiger charge is 2.30. The smallest absolute Gasteiger partial charge is 0.320 e. The molecule has 0 aliphatic heterocycles. The first-order chi connectivity index (χ1) is 8.88. The normalized spacial score (nSPS) is 13.3. The van der Waals surface area contributed by atoms with Gasteiger partial charge in [0.05, 0.1) is 11.6 Å². The Labute approximate surface area is 122 Å². The van der Waals surface area contributed by atoms with E-state index in [1.165, 1.54) is 6.07 Å².